The summed E-state index contributed by atoms with van der Waals surface area (Å²) >= 11 is 0. The third-order valence-electron chi connectivity index (χ3n) is 7.55. The van der Waals surface area contributed by atoms with Gasteiger partial charge in [0.2, 0.25) is 10.0 Å². The highest BCUT2D eigenvalue weighted by molar-refractivity contribution is 7.89. The summed E-state index contributed by atoms with van der Waals surface area (Å²) in [7, 11) is -4.29. The van der Waals surface area contributed by atoms with E-state index in [1.54, 1.807) is 12.1 Å². The number of halogens is 3. The Bertz CT molecular complexity index is 1980. The number of nitrogens with zero attached hydrogens (tertiary/aromatic N) is 5. The zero-order valence-electron chi connectivity index (χ0n) is 23.6. The summed E-state index contributed by atoms with van der Waals surface area (Å²) in [5.74, 6) is -0.783. The highest BCUT2D eigenvalue weighted by Gasteiger charge is 2.36. The van der Waals surface area contributed by atoms with E-state index in [1.807, 2.05) is 58.0 Å². The van der Waals surface area contributed by atoms with E-state index in [1.165, 1.54) is 24.3 Å². The summed E-state index contributed by atoms with van der Waals surface area (Å²) in [6, 6.07) is 24.5. The van der Waals surface area contributed by atoms with Crippen molar-refractivity contribution in [3.05, 3.63) is 113 Å². The number of imidazole rings is 1. The number of para-hydroxylation sites is 1. The van der Waals surface area contributed by atoms with Gasteiger partial charge < -0.3 is 9.14 Å². The van der Waals surface area contributed by atoms with Crippen LogP contribution >= 0.6 is 0 Å². The standard InChI is InChI=1S/C31H26F3N5O5S/c32-31(33,34)44-27-11-4-5-12-28(27)45(42,43)37-17-15-36(16-18-37)21-26-30(23-9-6-10-25(19-23)39(40)41)35-29-14-13-24(20-38(26)29)22-7-2-1-3-8-22/h1-14,19-20H,15-18,21H2. The minimum atomic E-state index is -5.05. The van der Waals surface area contributed by atoms with Crippen molar-refractivity contribution in [2.24, 2.45) is 0 Å². The minimum absolute atomic E-state index is 0.0286. The van der Waals surface area contributed by atoms with Gasteiger partial charge in [0.1, 0.15) is 16.3 Å². The maximum atomic E-state index is 13.4. The van der Waals surface area contributed by atoms with Gasteiger partial charge in [0, 0.05) is 56.6 Å². The van der Waals surface area contributed by atoms with Crippen LogP contribution in [-0.2, 0) is 16.6 Å². The Morgan fingerprint density at radius 1 is 0.844 bits per heavy atom. The van der Waals surface area contributed by atoms with E-state index >= 15 is 0 Å². The van der Waals surface area contributed by atoms with Gasteiger partial charge in [0.15, 0.2) is 0 Å². The lowest BCUT2D eigenvalue weighted by Crippen LogP contribution is -2.48. The van der Waals surface area contributed by atoms with Gasteiger partial charge in [-0.05, 0) is 35.4 Å². The number of rotatable bonds is 8. The van der Waals surface area contributed by atoms with Gasteiger partial charge in [0.05, 0.1) is 16.3 Å². The van der Waals surface area contributed by atoms with Crippen molar-refractivity contribution in [2.45, 2.75) is 17.8 Å². The molecule has 1 saturated heterocycles. The average molecular weight is 638 g/mol. The third kappa shape index (κ3) is 6.38. The summed E-state index contributed by atoms with van der Waals surface area (Å²) in [5, 5.41) is 11.5. The summed E-state index contributed by atoms with van der Waals surface area (Å²) in [6.07, 6.45) is -3.10. The number of sulfonamides is 1. The molecule has 1 aliphatic heterocycles. The fourth-order valence-corrected chi connectivity index (χ4v) is 6.93. The van der Waals surface area contributed by atoms with Gasteiger partial charge in [-0.25, -0.2) is 13.4 Å². The molecule has 0 spiro atoms. The highest BCUT2D eigenvalue weighted by Crippen LogP contribution is 2.33. The zero-order valence-corrected chi connectivity index (χ0v) is 24.4. The summed E-state index contributed by atoms with van der Waals surface area (Å²) in [5.41, 5.74) is 4.35. The van der Waals surface area contributed by atoms with Crippen LogP contribution < -0.4 is 4.74 Å². The fourth-order valence-electron chi connectivity index (χ4n) is 5.39. The van der Waals surface area contributed by atoms with E-state index < -0.39 is 32.0 Å². The molecular weight excluding hydrogens is 611 g/mol. The Hall–Kier alpha value is -4.79. The molecule has 3 heterocycles. The number of ether oxygens (including phenoxy) is 1. The Labute approximate surface area is 256 Å². The van der Waals surface area contributed by atoms with Crippen molar-refractivity contribution in [3.8, 4) is 28.1 Å². The first-order chi connectivity index (χ1) is 21.5. The van der Waals surface area contributed by atoms with E-state index in [9.17, 15) is 31.7 Å². The van der Waals surface area contributed by atoms with Crippen LogP contribution in [0.15, 0.2) is 102 Å². The number of alkyl halides is 3. The Kier molecular flexibility index (Phi) is 8.03. The number of hydrogen-bond donors (Lipinski definition) is 0. The Morgan fingerprint density at radius 2 is 1.53 bits per heavy atom. The molecule has 14 heteroatoms. The number of non-ortho nitro benzene ring substituents is 1. The lowest BCUT2D eigenvalue weighted by Gasteiger charge is -2.34. The smallest absolute Gasteiger partial charge is 0.404 e. The predicted molar refractivity (Wildman–Crippen MR) is 160 cm³/mol. The second-order valence-corrected chi connectivity index (χ2v) is 12.3. The molecule has 0 N–H and O–H groups in total. The number of fused-ring (bicyclic) bond motifs is 1. The van der Waals surface area contributed by atoms with Crippen LogP contribution in [0.25, 0.3) is 28.0 Å². The van der Waals surface area contributed by atoms with Crippen LogP contribution in [0.3, 0.4) is 0 Å². The molecule has 0 atom stereocenters. The van der Waals surface area contributed by atoms with Gasteiger partial charge in [-0.2, -0.15) is 4.31 Å². The number of nitro groups is 1. The van der Waals surface area contributed by atoms with E-state index in [0.29, 0.717) is 23.4 Å². The lowest BCUT2D eigenvalue weighted by molar-refractivity contribution is -0.384. The van der Waals surface area contributed by atoms with Gasteiger partial charge >= 0.3 is 6.36 Å². The number of nitro benzene ring substituents is 1. The predicted octanol–water partition coefficient (Wildman–Crippen LogP) is 5.98. The molecule has 0 saturated carbocycles. The molecule has 45 heavy (non-hydrogen) atoms. The molecule has 1 fully saturated rings. The average Bonchev–Trinajstić information content (AvgIpc) is 3.38. The first kappa shape index (κ1) is 30.2. The molecule has 6 rings (SSSR count). The zero-order chi connectivity index (χ0) is 31.8. The molecule has 0 aliphatic carbocycles. The number of aromatic nitrogens is 2. The largest absolute Gasteiger partial charge is 0.573 e. The van der Waals surface area contributed by atoms with Crippen molar-refractivity contribution >= 4 is 21.4 Å². The minimum Gasteiger partial charge on any atom is -0.404 e. The molecule has 232 valence electrons. The van der Waals surface area contributed by atoms with Gasteiger partial charge in [-0.1, -0.05) is 54.6 Å². The summed E-state index contributed by atoms with van der Waals surface area (Å²) in [6.45, 7) is 0.948. The Morgan fingerprint density at radius 3 is 2.24 bits per heavy atom. The van der Waals surface area contributed by atoms with Crippen LogP contribution in [0.5, 0.6) is 5.75 Å². The molecule has 2 aromatic heterocycles. The number of piperazine rings is 1. The van der Waals surface area contributed by atoms with Crippen molar-refractivity contribution in [1.29, 1.82) is 0 Å². The molecule has 0 amide bonds. The second-order valence-electron chi connectivity index (χ2n) is 10.4. The number of pyridine rings is 1. The molecule has 0 bridgehead atoms. The quantitative estimate of drug-likeness (QED) is 0.152. The first-order valence-electron chi connectivity index (χ1n) is 13.9. The molecule has 0 unspecified atom stereocenters. The number of hydrogen-bond acceptors (Lipinski definition) is 7. The van der Waals surface area contributed by atoms with Gasteiger partial charge in [-0.3, -0.25) is 15.0 Å². The molecule has 3 aromatic carbocycles. The van der Waals surface area contributed by atoms with Crippen molar-refractivity contribution < 1.29 is 31.2 Å². The monoisotopic (exact) mass is 637 g/mol. The third-order valence-corrected chi connectivity index (χ3v) is 9.49. The molecule has 10 nitrogen and oxygen atoms in total. The summed E-state index contributed by atoms with van der Waals surface area (Å²) < 4.78 is 72.7. The van der Waals surface area contributed by atoms with Gasteiger partial charge in [0.25, 0.3) is 5.69 Å². The number of benzene rings is 3. The van der Waals surface area contributed by atoms with E-state index in [4.69, 9.17) is 4.98 Å². The van der Waals surface area contributed by atoms with Crippen molar-refractivity contribution in [3.63, 3.8) is 0 Å². The van der Waals surface area contributed by atoms with E-state index in [2.05, 4.69) is 4.74 Å². The molecular formula is C31H26F3N5O5S. The van der Waals surface area contributed by atoms with E-state index in [0.717, 1.165) is 33.3 Å². The maximum absolute atomic E-state index is 13.4. The first-order valence-corrected chi connectivity index (χ1v) is 15.3. The molecule has 1 aliphatic rings. The van der Waals surface area contributed by atoms with Crippen LogP contribution in [0.4, 0.5) is 18.9 Å². The molecule has 0 radical (unpaired) electrons. The van der Waals surface area contributed by atoms with Crippen molar-refractivity contribution in [1.82, 2.24) is 18.6 Å². The van der Waals surface area contributed by atoms with Crippen LogP contribution in [-0.4, -0.2) is 64.5 Å². The normalized spacial score (nSPS) is 14.9. The SMILES string of the molecule is O=[N+]([O-])c1cccc(-c2nc3ccc(-c4ccccc4)cn3c2CN2CCN(S(=O)(=O)c3ccccc3OC(F)(F)F)CC2)c1. The fraction of sp³-hybridized carbons (Fsp3) is 0.194. The van der Waals surface area contributed by atoms with E-state index in [-0.39, 0.29) is 31.9 Å². The van der Waals surface area contributed by atoms with Crippen LogP contribution in [0, 0.1) is 10.1 Å². The van der Waals surface area contributed by atoms with Gasteiger partial charge in [-0.15, -0.1) is 13.2 Å². The maximum Gasteiger partial charge on any atom is 0.573 e. The lowest BCUT2D eigenvalue weighted by atomic mass is 10.1. The Balaban J connectivity index is 1.30. The van der Waals surface area contributed by atoms with Crippen LogP contribution in [0.1, 0.15) is 5.69 Å². The molecule has 5 aromatic rings. The topological polar surface area (TPSA) is 110 Å². The highest BCUT2D eigenvalue weighted by atomic mass is 32.2. The van der Waals surface area contributed by atoms with Crippen molar-refractivity contribution in [2.75, 3.05) is 26.2 Å². The summed E-state index contributed by atoms with van der Waals surface area (Å²) in [4.78, 5) is 17.3. The van der Waals surface area contributed by atoms with Crippen LogP contribution in [0.2, 0.25) is 0 Å². The second kappa shape index (κ2) is 12.0.